The van der Waals surface area contributed by atoms with Crippen molar-refractivity contribution in [1.82, 2.24) is 4.98 Å². The number of aromatic nitrogens is 1. The molecule has 3 aromatic rings. The molecule has 0 bridgehead atoms. The lowest BCUT2D eigenvalue weighted by atomic mass is 10.2. The van der Waals surface area contributed by atoms with E-state index in [-0.39, 0.29) is 0 Å². The van der Waals surface area contributed by atoms with Crippen LogP contribution in [0.5, 0.6) is 5.75 Å². The second-order valence-corrected chi connectivity index (χ2v) is 7.31. The zero-order valence-electron chi connectivity index (χ0n) is 13.9. The molecule has 1 aromatic heterocycles. The minimum absolute atomic E-state index is 0.928. The Morgan fingerprint density at radius 2 is 1.96 bits per heavy atom. The van der Waals surface area contributed by atoms with E-state index in [4.69, 9.17) is 9.72 Å². The van der Waals surface area contributed by atoms with Crippen LogP contribution in [-0.4, -0.2) is 38.3 Å². The number of piperazine rings is 1. The van der Waals surface area contributed by atoms with Crippen LogP contribution in [0.15, 0.2) is 48.5 Å². The van der Waals surface area contributed by atoms with Gasteiger partial charge in [0.05, 0.1) is 43.5 Å². The van der Waals surface area contributed by atoms with E-state index < -0.39 is 0 Å². The van der Waals surface area contributed by atoms with Crippen molar-refractivity contribution in [1.29, 1.82) is 0 Å². The van der Waals surface area contributed by atoms with Gasteiger partial charge in [-0.3, -0.25) is 0 Å². The maximum absolute atomic E-state index is 5.34. The first kappa shape index (κ1) is 15.4. The summed E-state index contributed by atoms with van der Waals surface area (Å²) in [5.74, 6) is 0.928. The van der Waals surface area contributed by atoms with Gasteiger partial charge in [-0.05, 0) is 24.3 Å². The molecule has 0 saturated carbocycles. The van der Waals surface area contributed by atoms with Crippen LogP contribution in [-0.2, 0) is 6.54 Å². The SMILES string of the molecule is COc1cccc(N2CC[NH+](Cc3nc4ccccc4s3)CC2)c1. The summed E-state index contributed by atoms with van der Waals surface area (Å²) >= 11 is 1.83. The van der Waals surface area contributed by atoms with E-state index in [1.807, 2.05) is 17.4 Å². The van der Waals surface area contributed by atoms with Crippen molar-refractivity contribution in [3.8, 4) is 5.75 Å². The summed E-state index contributed by atoms with van der Waals surface area (Å²) in [5.41, 5.74) is 2.39. The van der Waals surface area contributed by atoms with Crippen LogP contribution >= 0.6 is 11.3 Å². The van der Waals surface area contributed by atoms with E-state index in [2.05, 4.69) is 47.4 Å². The average Bonchev–Trinajstić information content (AvgIpc) is 3.04. The third-order valence-electron chi connectivity index (χ3n) is 4.63. The van der Waals surface area contributed by atoms with Crippen LogP contribution in [0, 0.1) is 0 Å². The fourth-order valence-corrected chi connectivity index (χ4v) is 4.31. The van der Waals surface area contributed by atoms with Crippen molar-refractivity contribution in [2.45, 2.75) is 6.54 Å². The number of anilines is 1. The predicted octanol–water partition coefficient (Wildman–Crippen LogP) is 2.21. The number of nitrogens with zero attached hydrogens (tertiary/aromatic N) is 2. The van der Waals surface area contributed by atoms with Gasteiger partial charge in [-0.2, -0.15) is 0 Å². The van der Waals surface area contributed by atoms with Crippen LogP contribution in [0.25, 0.3) is 10.2 Å². The minimum atomic E-state index is 0.928. The van der Waals surface area contributed by atoms with Gasteiger partial charge in [-0.15, -0.1) is 11.3 Å². The molecule has 1 fully saturated rings. The Hall–Kier alpha value is -2.11. The lowest BCUT2D eigenvalue weighted by Crippen LogP contribution is -3.13. The Kier molecular flexibility index (Phi) is 4.36. The number of thiazole rings is 1. The molecule has 0 aliphatic carbocycles. The maximum Gasteiger partial charge on any atom is 0.148 e. The van der Waals surface area contributed by atoms with Crippen LogP contribution in [0.2, 0.25) is 0 Å². The Morgan fingerprint density at radius 1 is 1.12 bits per heavy atom. The molecule has 5 heteroatoms. The van der Waals surface area contributed by atoms with E-state index in [1.165, 1.54) is 15.4 Å². The Labute approximate surface area is 146 Å². The summed E-state index contributed by atoms with van der Waals surface area (Å²) in [7, 11) is 1.72. The molecular formula is C19H22N3OS+. The zero-order valence-corrected chi connectivity index (χ0v) is 14.7. The van der Waals surface area contributed by atoms with Gasteiger partial charge >= 0.3 is 0 Å². The molecule has 1 N–H and O–H groups in total. The van der Waals surface area contributed by atoms with E-state index in [9.17, 15) is 0 Å². The number of para-hydroxylation sites is 1. The molecule has 1 aliphatic rings. The number of hydrogen-bond acceptors (Lipinski definition) is 4. The van der Waals surface area contributed by atoms with Gasteiger partial charge in [0, 0.05) is 11.8 Å². The Balaban J connectivity index is 1.38. The molecule has 2 aromatic carbocycles. The van der Waals surface area contributed by atoms with Gasteiger partial charge in [-0.25, -0.2) is 4.98 Å². The number of quaternary nitrogens is 1. The molecule has 1 saturated heterocycles. The quantitative estimate of drug-likeness (QED) is 0.790. The van der Waals surface area contributed by atoms with Crippen molar-refractivity contribution < 1.29 is 9.64 Å². The summed E-state index contributed by atoms with van der Waals surface area (Å²) in [4.78, 5) is 8.84. The predicted molar refractivity (Wildman–Crippen MR) is 99.2 cm³/mol. The van der Waals surface area contributed by atoms with Crippen molar-refractivity contribution in [2.75, 3.05) is 38.2 Å². The molecule has 0 unspecified atom stereocenters. The van der Waals surface area contributed by atoms with Crippen LogP contribution in [0.4, 0.5) is 5.69 Å². The third kappa shape index (κ3) is 3.23. The highest BCUT2D eigenvalue weighted by Crippen LogP contribution is 2.22. The van der Waals surface area contributed by atoms with Crippen molar-refractivity contribution in [2.24, 2.45) is 0 Å². The molecule has 24 heavy (non-hydrogen) atoms. The Morgan fingerprint density at radius 3 is 2.75 bits per heavy atom. The summed E-state index contributed by atoms with van der Waals surface area (Å²) in [6.07, 6.45) is 0. The standard InChI is InChI=1S/C19H21N3OS/c1-23-16-6-4-5-15(13-16)22-11-9-21(10-12-22)14-19-20-17-7-2-3-8-18(17)24-19/h2-8,13H,9-12,14H2,1H3/p+1. The molecular weight excluding hydrogens is 318 g/mol. The number of methoxy groups -OCH3 is 1. The monoisotopic (exact) mass is 340 g/mol. The van der Waals surface area contributed by atoms with E-state index >= 15 is 0 Å². The molecule has 4 nitrogen and oxygen atoms in total. The van der Waals surface area contributed by atoms with Crippen LogP contribution < -0.4 is 14.5 Å². The van der Waals surface area contributed by atoms with Gasteiger partial charge < -0.3 is 14.5 Å². The van der Waals surface area contributed by atoms with Gasteiger partial charge in [0.25, 0.3) is 0 Å². The highest BCUT2D eigenvalue weighted by Gasteiger charge is 2.21. The average molecular weight is 340 g/mol. The first-order valence-electron chi connectivity index (χ1n) is 8.39. The van der Waals surface area contributed by atoms with E-state index in [0.717, 1.165) is 44.0 Å². The number of ether oxygens (including phenoxy) is 1. The highest BCUT2D eigenvalue weighted by atomic mass is 32.1. The van der Waals surface area contributed by atoms with Gasteiger partial charge in [0.1, 0.15) is 17.3 Å². The third-order valence-corrected chi connectivity index (χ3v) is 5.66. The van der Waals surface area contributed by atoms with Gasteiger partial charge in [-0.1, -0.05) is 18.2 Å². The lowest BCUT2D eigenvalue weighted by Gasteiger charge is -2.33. The highest BCUT2D eigenvalue weighted by molar-refractivity contribution is 7.18. The fraction of sp³-hybridized carbons (Fsp3) is 0.316. The number of nitrogens with one attached hydrogen (secondary N) is 1. The molecule has 0 amide bonds. The first-order valence-corrected chi connectivity index (χ1v) is 9.20. The second-order valence-electron chi connectivity index (χ2n) is 6.19. The number of benzene rings is 2. The summed E-state index contributed by atoms with van der Waals surface area (Å²) in [6.45, 7) is 5.48. The molecule has 1 aliphatic heterocycles. The summed E-state index contributed by atoms with van der Waals surface area (Å²) in [5, 5.41) is 1.25. The minimum Gasteiger partial charge on any atom is -0.497 e. The number of hydrogen-bond donors (Lipinski definition) is 1. The molecule has 0 radical (unpaired) electrons. The maximum atomic E-state index is 5.34. The number of rotatable bonds is 4. The largest absolute Gasteiger partial charge is 0.497 e. The fourth-order valence-electron chi connectivity index (χ4n) is 3.27. The molecule has 0 spiro atoms. The smallest absolute Gasteiger partial charge is 0.148 e. The molecule has 4 rings (SSSR count). The van der Waals surface area contributed by atoms with Crippen LogP contribution in [0.1, 0.15) is 5.01 Å². The Bertz CT molecular complexity index is 791. The molecule has 0 atom stereocenters. The van der Waals surface area contributed by atoms with Crippen molar-refractivity contribution in [3.05, 3.63) is 53.5 Å². The van der Waals surface area contributed by atoms with Crippen molar-refractivity contribution in [3.63, 3.8) is 0 Å². The second kappa shape index (κ2) is 6.79. The lowest BCUT2D eigenvalue weighted by molar-refractivity contribution is -0.914. The summed E-state index contributed by atoms with van der Waals surface area (Å²) < 4.78 is 6.63. The van der Waals surface area contributed by atoms with E-state index in [0.29, 0.717) is 0 Å². The molecule has 2 heterocycles. The van der Waals surface area contributed by atoms with Crippen LogP contribution in [0.3, 0.4) is 0 Å². The molecule has 124 valence electrons. The van der Waals surface area contributed by atoms with E-state index in [1.54, 1.807) is 12.0 Å². The zero-order chi connectivity index (χ0) is 16.4. The van der Waals surface area contributed by atoms with Gasteiger partial charge in [0.15, 0.2) is 0 Å². The summed E-state index contributed by atoms with van der Waals surface area (Å²) in [6, 6.07) is 16.8. The normalized spacial score (nSPS) is 15.8. The van der Waals surface area contributed by atoms with Gasteiger partial charge in [0.2, 0.25) is 0 Å². The van der Waals surface area contributed by atoms with Crippen molar-refractivity contribution >= 4 is 27.2 Å². The number of fused-ring (bicyclic) bond motifs is 1. The topological polar surface area (TPSA) is 29.8 Å². The first-order chi connectivity index (χ1) is 11.8.